The molecule has 2 aromatic rings. The molecule has 114 valence electrons. The van der Waals surface area contributed by atoms with Crippen LogP contribution in [0.25, 0.3) is 10.9 Å². The standard InChI is InChI=1S/C17H26N4/c1-5-21(6-2)17(3,4)16(20-18)14-9-10-15-13(12-14)8-7-11-19-15/h7-12,16,20H,5-6,18H2,1-4H3. The van der Waals surface area contributed by atoms with Gasteiger partial charge in [0.1, 0.15) is 0 Å². The van der Waals surface area contributed by atoms with E-state index in [2.05, 4.69) is 67.3 Å². The lowest BCUT2D eigenvalue weighted by molar-refractivity contribution is 0.0913. The summed E-state index contributed by atoms with van der Waals surface area (Å²) in [4.78, 5) is 6.80. The molecule has 0 aliphatic carbocycles. The molecule has 3 N–H and O–H groups in total. The number of pyridine rings is 1. The highest BCUT2D eigenvalue weighted by Crippen LogP contribution is 2.31. The molecule has 0 amide bonds. The second kappa shape index (κ2) is 6.52. The molecule has 4 heteroatoms. The Kier molecular flexibility index (Phi) is 4.93. The van der Waals surface area contributed by atoms with Crippen LogP contribution in [0.1, 0.15) is 39.3 Å². The van der Waals surface area contributed by atoms with Crippen molar-refractivity contribution in [3.63, 3.8) is 0 Å². The predicted molar refractivity (Wildman–Crippen MR) is 88.8 cm³/mol. The van der Waals surface area contributed by atoms with Crippen LogP contribution in [0, 0.1) is 0 Å². The average molecular weight is 286 g/mol. The fourth-order valence-electron chi connectivity index (χ4n) is 3.20. The summed E-state index contributed by atoms with van der Waals surface area (Å²) in [6, 6.07) is 10.5. The van der Waals surface area contributed by atoms with Gasteiger partial charge in [0, 0.05) is 17.1 Å². The number of nitrogens with one attached hydrogen (secondary N) is 1. The number of benzene rings is 1. The third-order valence-electron chi connectivity index (χ3n) is 4.41. The van der Waals surface area contributed by atoms with Crippen molar-refractivity contribution in [1.82, 2.24) is 15.3 Å². The van der Waals surface area contributed by atoms with Gasteiger partial charge in [-0.1, -0.05) is 26.0 Å². The number of aromatic nitrogens is 1. The van der Waals surface area contributed by atoms with Crippen LogP contribution in [-0.2, 0) is 0 Å². The van der Waals surface area contributed by atoms with Crippen LogP contribution in [0.5, 0.6) is 0 Å². The van der Waals surface area contributed by atoms with Crippen molar-refractivity contribution in [2.45, 2.75) is 39.3 Å². The monoisotopic (exact) mass is 286 g/mol. The first-order valence-corrected chi connectivity index (χ1v) is 7.60. The quantitative estimate of drug-likeness (QED) is 0.633. The van der Waals surface area contributed by atoms with E-state index in [9.17, 15) is 0 Å². The number of fused-ring (bicyclic) bond motifs is 1. The van der Waals surface area contributed by atoms with Crippen LogP contribution >= 0.6 is 0 Å². The highest BCUT2D eigenvalue weighted by Gasteiger charge is 2.34. The fraction of sp³-hybridized carbons (Fsp3) is 0.471. The Bertz CT molecular complexity index is 590. The van der Waals surface area contributed by atoms with Crippen molar-refractivity contribution < 1.29 is 0 Å². The highest BCUT2D eigenvalue weighted by molar-refractivity contribution is 5.79. The maximum absolute atomic E-state index is 5.89. The molecule has 2 rings (SSSR count). The Morgan fingerprint density at radius 3 is 2.57 bits per heavy atom. The van der Waals surface area contributed by atoms with E-state index in [1.165, 1.54) is 5.56 Å². The average Bonchev–Trinajstić information content (AvgIpc) is 2.48. The van der Waals surface area contributed by atoms with Crippen LogP contribution in [0.2, 0.25) is 0 Å². The first kappa shape index (κ1) is 15.9. The maximum Gasteiger partial charge on any atom is 0.0702 e. The molecule has 0 radical (unpaired) electrons. The second-order valence-electron chi connectivity index (χ2n) is 5.88. The van der Waals surface area contributed by atoms with Gasteiger partial charge in [-0.15, -0.1) is 0 Å². The molecule has 1 unspecified atom stereocenters. The molecule has 1 heterocycles. The zero-order valence-electron chi connectivity index (χ0n) is 13.4. The highest BCUT2D eigenvalue weighted by atomic mass is 15.3. The van der Waals surface area contributed by atoms with Gasteiger partial charge in [-0.2, -0.15) is 0 Å². The summed E-state index contributed by atoms with van der Waals surface area (Å²) in [5, 5.41) is 1.14. The molecule has 1 aromatic heterocycles. The Morgan fingerprint density at radius 1 is 1.24 bits per heavy atom. The number of hydrogen-bond acceptors (Lipinski definition) is 4. The molecular weight excluding hydrogens is 260 g/mol. The van der Waals surface area contributed by atoms with E-state index < -0.39 is 0 Å². The van der Waals surface area contributed by atoms with E-state index in [-0.39, 0.29) is 11.6 Å². The third kappa shape index (κ3) is 3.07. The molecule has 0 bridgehead atoms. The molecule has 1 aromatic carbocycles. The molecule has 0 aliphatic heterocycles. The lowest BCUT2D eigenvalue weighted by atomic mass is 9.86. The number of hydrazine groups is 1. The van der Waals surface area contributed by atoms with Crippen molar-refractivity contribution >= 4 is 10.9 Å². The van der Waals surface area contributed by atoms with E-state index in [1.54, 1.807) is 0 Å². The summed E-state index contributed by atoms with van der Waals surface area (Å²) >= 11 is 0. The van der Waals surface area contributed by atoms with Gasteiger partial charge in [0.25, 0.3) is 0 Å². The van der Waals surface area contributed by atoms with E-state index in [1.807, 2.05) is 12.3 Å². The lowest BCUT2D eigenvalue weighted by Crippen LogP contribution is -2.54. The minimum absolute atomic E-state index is 0.0574. The van der Waals surface area contributed by atoms with Crippen LogP contribution in [0.4, 0.5) is 0 Å². The van der Waals surface area contributed by atoms with Crippen LogP contribution in [-0.4, -0.2) is 28.5 Å². The summed E-state index contributed by atoms with van der Waals surface area (Å²) in [6.07, 6.45) is 1.82. The SMILES string of the molecule is CCN(CC)C(C)(C)C(NN)c1ccc2ncccc2c1. The Hall–Kier alpha value is -1.49. The summed E-state index contributed by atoms with van der Waals surface area (Å²) in [5.74, 6) is 5.89. The number of likely N-dealkylation sites (N-methyl/N-ethyl adjacent to an activating group) is 1. The van der Waals surface area contributed by atoms with Gasteiger partial charge in [0.05, 0.1) is 11.6 Å². The van der Waals surface area contributed by atoms with E-state index in [0.29, 0.717) is 0 Å². The first-order valence-electron chi connectivity index (χ1n) is 7.60. The zero-order chi connectivity index (χ0) is 15.5. The zero-order valence-corrected chi connectivity index (χ0v) is 13.4. The normalized spacial score (nSPS) is 13.8. The largest absolute Gasteiger partial charge is 0.297 e. The topological polar surface area (TPSA) is 54.2 Å². The summed E-state index contributed by atoms with van der Waals surface area (Å²) in [7, 11) is 0. The Balaban J connectivity index is 2.43. The van der Waals surface area contributed by atoms with E-state index in [4.69, 9.17) is 5.84 Å². The number of rotatable bonds is 6. The Morgan fingerprint density at radius 2 is 1.95 bits per heavy atom. The summed E-state index contributed by atoms with van der Waals surface area (Å²) in [6.45, 7) is 10.8. The van der Waals surface area contributed by atoms with Crippen molar-refractivity contribution in [3.05, 3.63) is 42.1 Å². The smallest absolute Gasteiger partial charge is 0.0702 e. The maximum atomic E-state index is 5.89. The van der Waals surface area contributed by atoms with Crippen molar-refractivity contribution in [2.24, 2.45) is 5.84 Å². The van der Waals surface area contributed by atoms with Crippen molar-refractivity contribution in [3.8, 4) is 0 Å². The number of nitrogens with zero attached hydrogens (tertiary/aromatic N) is 2. The molecule has 0 spiro atoms. The predicted octanol–water partition coefficient (Wildman–Crippen LogP) is 2.86. The first-order chi connectivity index (χ1) is 10.0. The Labute approximate surface area is 127 Å². The molecule has 0 saturated carbocycles. The second-order valence-corrected chi connectivity index (χ2v) is 5.88. The van der Waals surface area contributed by atoms with Gasteiger partial charge in [-0.05, 0) is 50.7 Å². The summed E-state index contributed by atoms with van der Waals surface area (Å²) in [5.41, 5.74) is 5.14. The molecule has 0 saturated heterocycles. The number of hydrogen-bond donors (Lipinski definition) is 2. The van der Waals surface area contributed by atoms with Gasteiger partial charge in [0.15, 0.2) is 0 Å². The molecule has 1 atom stereocenters. The summed E-state index contributed by atoms with van der Waals surface area (Å²) < 4.78 is 0. The molecule has 0 fully saturated rings. The molecule has 21 heavy (non-hydrogen) atoms. The molecule has 0 aliphatic rings. The number of nitrogens with two attached hydrogens (primary N) is 1. The van der Waals surface area contributed by atoms with Crippen molar-refractivity contribution in [2.75, 3.05) is 13.1 Å². The van der Waals surface area contributed by atoms with Gasteiger partial charge in [-0.3, -0.25) is 21.2 Å². The van der Waals surface area contributed by atoms with Crippen LogP contribution < -0.4 is 11.3 Å². The van der Waals surface area contributed by atoms with Gasteiger partial charge >= 0.3 is 0 Å². The molecule has 4 nitrogen and oxygen atoms in total. The third-order valence-corrected chi connectivity index (χ3v) is 4.41. The van der Waals surface area contributed by atoms with Crippen molar-refractivity contribution in [1.29, 1.82) is 0 Å². The molecular formula is C17H26N4. The minimum atomic E-state index is -0.0753. The fourth-order valence-corrected chi connectivity index (χ4v) is 3.20. The van der Waals surface area contributed by atoms with Crippen LogP contribution in [0.3, 0.4) is 0 Å². The minimum Gasteiger partial charge on any atom is -0.297 e. The van der Waals surface area contributed by atoms with Crippen LogP contribution in [0.15, 0.2) is 36.5 Å². The van der Waals surface area contributed by atoms with E-state index >= 15 is 0 Å². The van der Waals surface area contributed by atoms with E-state index in [0.717, 1.165) is 24.0 Å². The van der Waals surface area contributed by atoms with Gasteiger partial charge < -0.3 is 0 Å². The lowest BCUT2D eigenvalue weighted by Gasteiger charge is -2.43. The van der Waals surface area contributed by atoms with Gasteiger partial charge in [-0.25, -0.2) is 0 Å². The van der Waals surface area contributed by atoms with Gasteiger partial charge in [0.2, 0.25) is 0 Å².